The van der Waals surface area contributed by atoms with Gasteiger partial charge in [0.2, 0.25) is 0 Å². The van der Waals surface area contributed by atoms with Crippen LogP contribution < -0.4 is 5.56 Å². The first-order chi connectivity index (χ1) is 8.63. The Morgan fingerprint density at radius 2 is 1.89 bits per heavy atom. The van der Waals surface area contributed by atoms with E-state index in [1.807, 2.05) is 30.3 Å². The molecule has 0 amide bonds. The minimum Gasteiger partial charge on any atom is -0.506 e. The number of aromatic nitrogens is 1. The summed E-state index contributed by atoms with van der Waals surface area (Å²) in [6.07, 6.45) is 0. The van der Waals surface area contributed by atoms with Crippen LogP contribution in [0.2, 0.25) is 5.02 Å². The number of aromatic hydroxyl groups is 1. The monoisotopic (exact) mass is 277 g/mol. The zero-order valence-electron chi connectivity index (χ0n) is 9.11. The van der Waals surface area contributed by atoms with Gasteiger partial charge in [-0.1, -0.05) is 23.7 Å². The van der Waals surface area contributed by atoms with Crippen molar-refractivity contribution in [1.82, 2.24) is 4.98 Å². The highest BCUT2D eigenvalue weighted by Gasteiger charge is 2.09. The lowest BCUT2D eigenvalue weighted by molar-refractivity contribution is 0.481. The summed E-state index contributed by atoms with van der Waals surface area (Å²) in [5.74, 6) is 0.0129. The minimum absolute atomic E-state index is 0.0129. The number of aromatic amines is 1. The Balaban J connectivity index is 2.22. The number of benzene rings is 1. The molecule has 5 heteroatoms. The van der Waals surface area contributed by atoms with Gasteiger partial charge in [0.15, 0.2) is 0 Å². The molecule has 0 fully saturated rings. The van der Waals surface area contributed by atoms with Crippen molar-refractivity contribution in [3.05, 3.63) is 51.8 Å². The van der Waals surface area contributed by atoms with Crippen molar-refractivity contribution >= 4 is 33.2 Å². The van der Waals surface area contributed by atoms with E-state index in [9.17, 15) is 9.90 Å². The highest BCUT2D eigenvalue weighted by atomic mass is 35.5. The topological polar surface area (TPSA) is 53.1 Å². The Bertz CT molecular complexity index is 774. The van der Waals surface area contributed by atoms with Crippen LogP contribution in [0.1, 0.15) is 0 Å². The van der Waals surface area contributed by atoms with E-state index in [2.05, 4.69) is 4.98 Å². The van der Waals surface area contributed by atoms with Gasteiger partial charge in [-0.2, -0.15) is 0 Å². The molecule has 90 valence electrons. The van der Waals surface area contributed by atoms with Gasteiger partial charge >= 0.3 is 0 Å². The van der Waals surface area contributed by atoms with E-state index in [-0.39, 0.29) is 11.3 Å². The predicted molar refractivity (Wildman–Crippen MR) is 74.6 cm³/mol. The van der Waals surface area contributed by atoms with Crippen molar-refractivity contribution in [2.45, 2.75) is 0 Å². The molecule has 0 atom stereocenters. The third-order valence-corrected chi connectivity index (χ3v) is 4.08. The number of rotatable bonds is 1. The highest BCUT2D eigenvalue weighted by molar-refractivity contribution is 7.22. The van der Waals surface area contributed by atoms with E-state index < -0.39 is 0 Å². The van der Waals surface area contributed by atoms with E-state index in [1.165, 1.54) is 17.4 Å². The molecule has 0 bridgehead atoms. The summed E-state index contributed by atoms with van der Waals surface area (Å²) in [6.45, 7) is 0. The molecule has 3 aromatic rings. The summed E-state index contributed by atoms with van der Waals surface area (Å²) in [7, 11) is 0. The number of thiophene rings is 1. The van der Waals surface area contributed by atoms with Crippen LogP contribution in [-0.4, -0.2) is 10.1 Å². The van der Waals surface area contributed by atoms with Crippen molar-refractivity contribution in [1.29, 1.82) is 0 Å². The van der Waals surface area contributed by atoms with Gasteiger partial charge in [0.05, 0.1) is 10.2 Å². The molecule has 0 aliphatic heterocycles. The molecule has 2 heterocycles. The maximum Gasteiger partial charge on any atom is 0.252 e. The van der Waals surface area contributed by atoms with Crippen LogP contribution in [-0.2, 0) is 0 Å². The summed E-state index contributed by atoms with van der Waals surface area (Å²) in [5.41, 5.74) is 1.34. The van der Waals surface area contributed by atoms with Crippen LogP contribution in [0, 0.1) is 0 Å². The van der Waals surface area contributed by atoms with Crippen molar-refractivity contribution < 1.29 is 5.11 Å². The molecule has 3 rings (SSSR count). The van der Waals surface area contributed by atoms with E-state index in [0.717, 1.165) is 10.4 Å². The maximum atomic E-state index is 11.3. The molecular weight excluding hydrogens is 270 g/mol. The minimum atomic E-state index is -0.305. The third-order valence-electron chi connectivity index (χ3n) is 2.62. The number of fused-ring (bicyclic) bond motifs is 1. The standard InChI is InChI=1S/C13H8ClNO2S/c14-8-3-1-7(2-4-8)11-5-9-13(18-11)10(16)6-12(17)15-9/h1-6H,(H2,15,16,17). The van der Waals surface area contributed by atoms with Gasteiger partial charge in [0, 0.05) is 16.0 Å². The lowest BCUT2D eigenvalue weighted by Crippen LogP contribution is -2.01. The first-order valence-electron chi connectivity index (χ1n) is 5.25. The molecule has 0 aliphatic carbocycles. The van der Waals surface area contributed by atoms with Gasteiger partial charge in [-0.15, -0.1) is 11.3 Å². The average Bonchev–Trinajstić information content (AvgIpc) is 2.74. The van der Waals surface area contributed by atoms with Crippen molar-refractivity contribution in [2.75, 3.05) is 0 Å². The number of halogens is 1. The van der Waals surface area contributed by atoms with Crippen LogP contribution in [0.15, 0.2) is 41.2 Å². The molecule has 1 aromatic carbocycles. The molecule has 0 saturated carbocycles. The smallest absolute Gasteiger partial charge is 0.252 e. The summed E-state index contributed by atoms with van der Waals surface area (Å²) in [4.78, 5) is 14.9. The number of pyridine rings is 1. The fraction of sp³-hybridized carbons (Fsp3) is 0. The Labute approximate surface area is 111 Å². The molecule has 0 spiro atoms. The molecule has 0 aliphatic rings. The molecule has 0 radical (unpaired) electrons. The van der Waals surface area contributed by atoms with Crippen LogP contribution >= 0.6 is 22.9 Å². The van der Waals surface area contributed by atoms with Crippen molar-refractivity contribution in [2.24, 2.45) is 0 Å². The summed E-state index contributed by atoms with van der Waals surface area (Å²) in [6, 6.07) is 10.5. The molecular formula is C13H8ClNO2S. The average molecular weight is 278 g/mol. The van der Waals surface area contributed by atoms with Gasteiger partial charge in [0.1, 0.15) is 5.75 Å². The van der Waals surface area contributed by atoms with Gasteiger partial charge in [-0.3, -0.25) is 4.79 Å². The van der Waals surface area contributed by atoms with Gasteiger partial charge in [0.25, 0.3) is 5.56 Å². The molecule has 2 N–H and O–H groups in total. The number of hydrogen-bond acceptors (Lipinski definition) is 3. The maximum absolute atomic E-state index is 11.3. The fourth-order valence-corrected chi connectivity index (χ4v) is 2.95. The van der Waals surface area contributed by atoms with Crippen LogP contribution in [0.25, 0.3) is 20.7 Å². The van der Waals surface area contributed by atoms with E-state index in [0.29, 0.717) is 15.2 Å². The fourth-order valence-electron chi connectivity index (χ4n) is 1.79. The van der Waals surface area contributed by atoms with Gasteiger partial charge < -0.3 is 10.1 Å². The highest BCUT2D eigenvalue weighted by Crippen LogP contribution is 2.36. The van der Waals surface area contributed by atoms with Crippen LogP contribution in [0.5, 0.6) is 5.75 Å². The zero-order chi connectivity index (χ0) is 12.7. The molecule has 3 nitrogen and oxygen atoms in total. The normalized spacial score (nSPS) is 10.9. The largest absolute Gasteiger partial charge is 0.506 e. The summed E-state index contributed by atoms with van der Waals surface area (Å²) < 4.78 is 0.680. The first-order valence-corrected chi connectivity index (χ1v) is 6.45. The SMILES string of the molecule is O=c1cc(O)c2sc(-c3ccc(Cl)cc3)cc2[nH]1. The van der Waals surface area contributed by atoms with Gasteiger partial charge in [-0.05, 0) is 23.8 Å². The lowest BCUT2D eigenvalue weighted by atomic mass is 10.2. The Morgan fingerprint density at radius 1 is 1.17 bits per heavy atom. The molecule has 2 aromatic heterocycles. The second-order valence-corrected chi connectivity index (χ2v) is 5.37. The van der Waals surface area contributed by atoms with E-state index in [1.54, 1.807) is 0 Å². The van der Waals surface area contributed by atoms with Crippen LogP contribution in [0.3, 0.4) is 0 Å². The molecule has 0 unspecified atom stereocenters. The predicted octanol–water partition coefficient (Wildman–Crippen LogP) is 3.62. The van der Waals surface area contributed by atoms with Gasteiger partial charge in [-0.25, -0.2) is 0 Å². The van der Waals surface area contributed by atoms with Crippen molar-refractivity contribution in [3.63, 3.8) is 0 Å². The second kappa shape index (κ2) is 4.15. The number of H-pyrrole nitrogens is 1. The summed E-state index contributed by atoms with van der Waals surface area (Å²) in [5, 5.41) is 10.4. The molecule has 18 heavy (non-hydrogen) atoms. The first kappa shape index (κ1) is 11.3. The Morgan fingerprint density at radius 3 is 2.61 bits per heavy atom. The third kappa shape index (κ3) is 1.89. The lowest BCUT2D eigenvalue weighted by Gasteiger charge is -1.95. The van der Waals surface area contributed by atoms with Crippen LogP contribution in [0.4, 0.5) is 0 Å². The van der Waals surface area contributed by atoms with E-state index in [4.69, 9.17) is 11.6 Å². The van der Waals surface area contributed by atoms with E-state index >= 15 is 0 Å². The number of hydrogen-bond donors (Lipinski definition) is 2. The summed E-state index contributed by atoms with van der Waals surface area (Å²) >= 11 is 7.27. The van der Waals surface area contributed by atoms with Crippen molar-refractivity contribution in [3.8, 4) is 16.2 Å². The zero-order valence-corrected chi connectivity index (χ0v) is 10.7. The Hall–Kier alpha value is -1.78. The molecule has 0 saturated heterocycles. The number of nitrogens with one attached hydrogen (secondary N) is 1. The Kier molecular flexibility index (Phi) is 2.61. The quantitative estimate of drug-likeness (QED) is 0.714. The second-order valence-electron chi connectivity index (χ2n) is 3.88.